The highest BCUT2D eigenvalue weighted by Gasteiger charge is 2.15. The van der Waals surface area contributed by atoms with Gasteiger partial charge in [0.25, 0.3) is 0 Å². The Morgan fingerprint density at radius 1 is 0.852 bits per heavy atom. The van der Waals surface area contributed by atoms with Crippen molar-refractivity contribution in [2.24, 2.45) is 0 Å². The van der Waals surface area contributed by atoms with Crippen molar-refractivity contribution in [3.8, 4) is 11.4 Å². The van der Waals surface area contributed by atoms with Gasteiger partial charge >= 0.3 is 0 Å². The molecule has 27 heavy (non-hydrogen) atoms. The molecule has 0 atom stereocenters. The van der Waals surface area contributed by atoms with Gasteiger partial charge in [-0.05, 0) is 64.2 Å². The summed E-state index contributed by atoms with van der Waals surface area (Å²) in [4.78, 5) is 0. The average Bonchev–Trinajstić information content (AvgIpc) is 3.14. The van der Waals surface area contributed by atoms with E-state index in [1.54, 1.807) is 0 Å². The Balaban J connectivity index is 1.93. The summed E-state index contributed by atoms with van der Waals surface area (Å²) in [5.74, 6) is 0.889. The molecule has 0 unspecified atom stereocenters. The smallest absolute Gasteiger partial charge is 0.169 e. The van der Waals surface area contributed by atoms with Crippen molar-refractivity contribution < 1.29 is 0 Å². The summed E-state index contributed by atoms with van der Waals surface area (Å²) in [6, 6.07) is 23.7. The maximum absolute atomic E-state index is 4.57. The molecule has 0 saturated carbocycles. The fourth-order valence-corrected chi connectivity index (χ4v) is 4.18. The molecule has 5 rings (SSSR count). The number of nitrogens with zero attached hydrogens (tertiary/aromatic N) is 3. The van der Waals surface area contributed by atoms with Gasteiger partial charge in [0.05, 0.1) is 5.52 Å². The second-order valence-corrected chi connectivity index (χ2v) is 8.08. The van der Waals surface area contributed by atoms with E-state index in [2.05, 4.69) is 111 Å². The number of halogens is 1. The van der Waals surface area contributed by atoms with Crippen LogP contribution in [0.15, 0.2) is 66.7 Å². The Hall–Kier alpha value is -2.47. The van der Waals surface area contributed by atoms with Crippen LogP contribution < -0.4 is 0 Å². The van der Waals surface area contributed by atoms with Gasteiger partial charge in [-0.15, -0.1) is 10.2 Å². The van der Waals surface area contributed by atoms with Crippen LogP contribution in [0.2, 0.25) is 0 Å². The average molecular weight is 463 g/mol. The first-order chi connectivity index (χ1) is 13.3. The summed E-state index contributed by atoms with van der Waals surface area (Å²) >= 11 is 2.33. The molecule has 0 amide bonds. The van der Waals surface area contributed by atoms with Crippen LogP contribution in [0.5, 0.6) is 0 Å². The molecule has 0 saturated heterocycles. The van der Waals surface area contributed by atoms with Crippen LogP contribution in [0, 0.1) is 3.57 Å². The quantitative estimate of drug-likeness (QED) is 0.234. The van der Waals surface area contributed by atoms with Crippen molar-refractivity contribution >= 4 is 49.9 Å². The van der Waals surface area contributed by atoms with Gasteiger partial charge in [0.15, 0.2) is 11.5 Å². The molecule has 0 aliphatic rings. The monoisotopic (exact) mass is 463 g/mol. The van der Waals surface area contributed by atoms with Crippen LogP contribution in [-0.4, -0.2) is 14.6 Å². The summed E-state index contributed by atoms with van der Waals surface area (Å²) in [5, 5.41) is 12.8. The molecule has 0 aliphatic carbocycles. The molecule has 5 aromatic rings. The van der Waals surface area contributed by atoms with Gasteiger partial charge in [-0.1, -0.05) is 55.8 Å². The normalized spacial score (nSPS) is 11.6. The molecule has 0 aliphatic heterocycles. The lowest BCUT2D eigenvalue weighted by Gasteiger charge is -2.11. The number of hydrogen-bond donors (Lipinski definition) is 0. The largest absolute Gasteiger partial charge is 0.274 e. The van der Waals surface area contributed by atoms with Crippen LogP contribution >= 0.6 is 22.6 Å². The Morgan fingerprint density at radius 3 is 2.41 bits per heavy atom. The zero-order valence-corrected chi connectivity index (χ0v) is 17.1. The predicted molar refractivity (Wildman–Crippen MR) is 120 cm³/mol. The Morgan fingerprint density at radius 2 is 1.63 bits per heavy atom. The van der Waals surface area contributed by atoms with Crippen molar-refractivity contribution in [2.45, 2.75) is 19.8 Å². The summed E-state index contributed by atoms with van der Waals surface area (Å²) in [7, 11) is 0. The second-order valence-electron chi connectivity index (χ2n) is 6.84. The van der Waals surface area contributed by atoms with Crippen molar-refractivity contribution in [3.63, 3.8) is 0 Å². The number of rotatable bonds is 3. The molecule has 0 N–H and O–H groups in total. The summed E-state index contributed by atoms with van der Waals surface area (Å²) in [6.07, 6.45) is 2.24. The molecular weight excluding hydrogens is 445 g/mol. The van der Waals surface area contributed by atoms with Gasteiger partial charge in [-0.3, -0.25) is 4.40 Å². The Kier molecular flexibility index (Phi) is 4.08. The molecule has 3 nitrogen and oxygen atoms in total. The molecule has 2 heterocycles. The van der Waals surface area contributed by atoms with Crippen molar-refractivity contribution in [2.75, 3.05) is 0 Å². The van der Waals surface area contributed by atoms with Gasteiger partial charge in [0, 0.05) is 19.9 Å². The van der Waals surface area contributed by atoms with Crippen LogP contribution in [0.25, 0.3) is 38.7 Å². The minimum Gasteiger partial charge on any atom is -0.274 e. The van der Waals surface area contributed by atoms with Crippen molar-refractivity contribution in [1.82, 2.24) is 14.6 Å². The van der Waals surface area contributed by atoms with Crippen molar-refractivity contribution in [3.05, 3.63) is 75.9 Å². The molecule has 0 spiro atoms. The lowest BCUT2D eigenvalue weighted by atomic mass is 10.0. The highest BCUT2D eigenvalue weighted by Crippen LogP contribution is 2.32. The molecule has 3 aromatic carbocycles. The summed E-state index contributed by atoms with van der Waals surface area (Å²) < 4.78 is 3.42. The third-order valence-corrected chi connectivity index (χ3v) is 5.78. The fraction of sp³-hybridized carbons (Fsp3) is 0.130. The standard InChI is InChI=1S/C23H18IN3/c1-2-5-15-8-13-21-20(14-15)18-6-3-4-7-19(18)23-26-25-22(27(21)23)16-9-11-17(24)12-10-16/h3-4,6-14H,2,5H2,1H3. The number of benzene rings is 3. The molecular formula is C23H18IN3. The fourth-order valence-electron chi connectivity index (χ4n) is 3.82. The zero-order valence-electron chi connectivity index (χ0n) is 15.0. The highest BCUT2D eigenvalue weighted by molar-refractivity contribution is 14.1. The number of pyridine rings is 1. The minimum absolute atomic E-state index is 0.889. The van der Waals surface area contributed by atoms with Crippen LogP contribution in [-0.2, 0) is 6.42 Å². The van der Waals surface area contributed by atoms with E-state index in [0.717, 1.165) is 40.8 Å². The lowest BCUT2D eigenvalue weighted by molar-refractivity contribution is 0.923. The van der Waals surface area contributed by atoms with Gasteiger partial charge in [-0.2, -0.15) is 0 Å². The molecule has 0 radical (unpaired) electrons. The van der Waals surface area contributed by atoms with E-state index < -0.39 is 0 Å². The molecule has 132 valence electrons. The Bertz CT molecular complexity index is 1290. The molecule has 4 heteroatoms. The third kappa shape index (κ3) is 2.70. The van der Waals surface area contributed by atoms with E-state index in [9.17, 15) is 0 Å². The second kappa shape index (κ2) is 6.60. The number of fused-ring (bicyclic) bond motifs is 6. The lowest BCUT2D eigenvalue weighted by Crippen LogP contribution is -1.95. The van der Waals surface area contributed by atoms with Crippen LogP contribution in [0.3, 0.4) is 0 Å². The number of hydrogen-bond acceptors (Lipinski definition) is 2. The highest BCUT2D eigenvalue weighted by atomic mass is 127. The summed E-state index contributed by atoms with van der Waals surface area (Å²) in [6.45, 7) is 2.22. The predicted octanol–water partition coefficient (Wildman–Crippen LogP) is 6.26. The third-order valence-electron chi connectivity index (χ3n) is 5.06. The molecule has 0 fully saturated rings. The van der Waals surface area contributed by atoms with E-state index in [0.29, 0.717) is 0 Å². The van der Waals surface area contributed by atoms with Gasteiger partial charge in [0.2, 0.25) is 0 Å². The first-order valence-electron chi connectivity index (χ1n) is 9.20. The maximum Gasteiger partial charge on any atom is 0.169 e. The van der Waals surface area contributed by atoms with E-state index in [1.807, 2.05) is 0 Å². The van der Waals surface area contributed by atoms with E-state index >= 15 is 0 Å². The number of aryl methyl sites for hydroxylation is 1. The number of aromatic nitrogens is 3. The topological polar surface area (TPSA) is 30.2 Å². The van der Waals surface area contributed by atoms with Crippen molar-refractivity contribution in [1.29, 1.82) is 0 Å². The van der Waals surface area contributed by atoms with E-state index in [4.69, 9.17) is 0 Å². The van der Waals surface area contributed by atoms with E-state index in [1.165, 1.54) is 19.9 Å². The first kappa shape index (κ1) is 16.7. The minimum atomic E-state index is 0.889. The van der Waals surface area contributed by atoms with Gasteiger partial charge in [0.1, 0.15) is 0 Å². The van der Waals surface area contributed by atoms with E-state index in [-0.39, 0.29) is 0 Å². The molecule has 0 bridgehead atoms. The molecule has 2 aromatic heterocycles. The van der Waals surface area contributed by atoms with Gasteiger partial charge in [-0.25, -0.2) is 0 Å². The summed E-state index contributed by atoms with van der Waals surface area (Å²) in [5.41, 5.74) is 4.52. The Labute approximate surface area is 171 Å². The first-order valence-corrected chi connectivity index (χ1v) is 10.3. The zero-order chi connectivity index (χ0) is 18.4. The van der Waals surface area contributed by atoms with Crippen LogP contribution in [0.1, 0.15) is 18.9 Å². The SMILES string of the molecule is CCCc1ccc2c(c1)c1ccccc1c1nnc(-c3ccc(I)cc3)n21. The van der Waals surface area contributed by atoms with Gasteiger partial charge < -0.3 is 0 Å². The maximum atomic E-state index is 4.57. The van der Waals surface area contributed by atoms with Crippen LogP contribution in [0.4, 0.5) is 0 Å².